The molecule has 0 radical (unpaired) electrons. The molecule has 0 rings (SSSR count). The monoisotopic (exact) mass is 239 g/mol. The molecule has 0 spiro atoms. The fraction of sp³-hybridized carbons (Fsp3) is 1.00. The third-order valence-corrected chi connectivity index (χ3v) is 2.93. The zero-order chi connectivity index (χ0) is 12.6. The molecule has 0 saturated heterocycles. The van der Waals surface area contributed by atoms with E-state index in [-0.39, 0.29) is 0 Å². The highest BCUT2D eigenvalue weighted by molar-refractivity contribution is 4.74. The maximum atomic E-state index is 12.4. The maximum absolute atomic E-state index is 12.4. The molecule has 98 valence electrons. The van der Waals surface area contributed by atoms with E-state index in [2.05, 4.69) is 5.32 Å². The van der Waals surface area contributed by atoms with Gasteiger partial charge < -0.3 is 5.32 Å². The number of halogens is 3. The van der Waals surface area contributed by atoms with Crippen LogP contribution in [0.1, 0.15) is 52.9 Å². The lowest BCUT2D eigenvalue weighted by Gasteiger charge is -2.24. The predicted octanol–water partition coefficient (Wildman–Crippen LogP) is 4.13. The largest absolute Gasteiger partial charge is 0.390 e. The number of alkyl halides is 3. The van der Waals surface area contributed by atoms with Crippen molar-refractivity contribution in [2.45, 2.75) is 65.1 Å². The number of hydrogen-bond acceptors (Lipinski definition) is 1. The van der Waals surface area contributed by atoms with E-state index in [1.165, 1.54) is 0 Å². The van der Waals surface area contributed by atoms with E-state index in [1.54, 1.807) is 0 Å². The lowest BCUT2D eigenvalue weighted by Crippen LogP contribution is -2.35. The van der Waals surface area contributed by atoms with Crippen molar-refractivity contribution in [3.8, 4) is 0 Å². The smallest absolute Gasteiger partial charge is 0.314 e. The third kappa shape index (κ3) is 7.97. The van der Waals surface area contributed by atoms with Gasteiger partial charge in [0.1, 0.15) is 0 Å². The second-order valence-corrected chi connectivity index (χ2v) is 4.39. The summed E-state index contributed by atoms with van der Waals surface area (Å²) in [6.45, 7) is 6.72. The quantitative estimate of drug-likeness (QED) is 0.671. The van der Waals surface area contributed by atoms with Crippen LogP contribution in [0.4, 0.5) is 13.2 Å². The molecule has 0 aromatic heterocycles. The van der Waals surface area contributed by atoms with Crippen molar-refractivity contribution in [2.75, 3.05) is 6.54 Å². The summed E-state index contributed by atoms with van der Waals surface area (Å²) in [4.78, 5) is 0. The van der Waals surface area contributed by atoms with E-state index in [9.17, 15) is 13.2 Å². The fourth-order valence-electron chi connectivity index (χ4n) is 1.89. The molecule has 0 aliphatic carbocycles. The van der Waals surface area contributed by atoms with Gasteiger partial charge in [-0.15, -0.1) is 0 Å². The molecule has 4 heteroatoms. The highest BCUT2D eigenvalue weighted by Gasteiger charge is 2.32. The fourth-order valence-corrected chi connectivity index (χ4v) is 1.89. The SMILES string of the molecule is CCCNC(CC(CC)CC)CC(F)(F)F. The topological polar surface area (TPSA) is 12.0 Å². The van der Waals surface area contributed by atoms with Gasteiger partial charge in [0.05, 0.1) is 6.42 Å². The van der Waals surface area contributed by atoms with E-state index in [0.717, 1.165) is 19.3 Å². The van der Waals surface area contributed by atoms with Gasteiger partial charge in [0.2, 0.25) is 0 Å². The first kappa shape index (κ1) is 15.8. The van der Waals surface area contributed by atoms with Crippen LogP contribution < -0.4 is 5.32 Å². The van der Waals surface area contributed by atoms with Crippen molar-refractivity contribution in [3.63, 3.8) is 0 Å². The van der Waals surface area contributed by atoms with Crippen LogP contribution in [0.2, 0.25) is 0 Å². The van der Waals surface area contributed by atoms with Gasteiger partial charge in [-0.3, -0.25) is 0 Å². The standard InChI is InChI=1S/C12H24F3N/c1-4-7-16-11(9-12(13,14)15)8-10(5-2)6-3/h10-11,16H,4-9H2,1-3H3. The molecule has 0 bridgehead atoms. The summed E-state index contributed by atoms with van der Waals surface area (Å²) < 4.78 is 37.1. The molecule has 1 nitrogen and oxygen atoms in total. The summed E-state index contributed by atoms with van der Waals surface area (Å²) in [5.41, 5.74) is 0. The van der Waals surface area contributed by atoms with E-state index in [4.69, 9.17) is 0 Å². The Hall–Kier alpha value is -0.250. The molecule has 0 amide bonds. The molecule has 0 fully saturated rings. The Morgan fingerprint density at radius 1 is 1.06 bits per heavy atom. The zero-order valence-electron chi connectivity index (χ0n) is 10.5. The Morgan fingerprint density at radius 2 is 1.62 bits per heavy atom. The minimum Gasteiger partial charge on any atom is -0.314 e. The van der Waals surface area contributed by atoms with Gasteiger partial charge in [0.25, 0.3) is 0 Å². The highest BCUT2D eigenvalue weighted by atomic mass is 19.4. The Morgan fingerprint density at radius 3 is 2.00 bits per heavy atom. The lowest BCUT2D eigenvalue weighted by molar-refractivity contribution is -0.141. The van der Waals surface area contributed by atoms with Crippen LogP contribution in [0.3, 0.4) is 0 Å². The molecule has 1 N–H and O–H groups in total. The van der Waals surface area contributed by atoms with Crippen molar-refractivity contribution >= 4 is 0 Å². The Kier molecular flexibility index (Phi) is 7.81. The molecule has 0 saturated carbocycles. The summed E-state index contributed by atoms with van der Waals surface area (Å²) in [5.74, 6) is 0.400. The van der Waals surface area contributed by atoms with E-state index in [1.807, 2.05) is 20.8 Å². The third-order valence-electron chi connectivity index (χ3n) is 2.93. The van der Waals surface area contributed by atoms with E-state index >= 15 is 0 Å². The van der Waals surface area contributed by atoms with Crippen LogP contribution in [0.25, 0.3) is 0 Å². The summed E-state index contributed by atoms with van der Waals surface area (Å²) in [7, 11) is 0. The highest BCUT2D eigenvalue weighted by Crippen LogP contribution is 2.26. The normalized spacial score (nSPS) is 14.4. The van der Waals surface area contributed by atoms with Crippen LogP contribution >= 0.6 is 0 Å². The average molecular weight is 239 g/mol. The first-order valence-electron chi connectivity index (χ1n) is 6.23. The Bertz CT molecular complexity index is 164. The second-order valence-electron chi connectivity index (χ2n) is 4.39. The van der Waals surface area contributed by atoms with E-state index in [0.29, 0.717) is 18.9 Å². The minimum absolute atomic E-state index is 0.400. The molecule has 0 aliphatic rings. The van der Waals surface area contributed by atoms with Gasteiger partial charge in [0, 0.05) is 6.04 Å². The van der Waals surface area contributed by atoms with Gasteiger partial charge in [0.15, 0.2) is 0 Å². The Balaban J connectivity index is 4.18. The first-order chi connectivity index (χ1) is 7.42. The molecule has 0 aliphatic heterocycles. The molecular formula is C12H24F3N. The van der Waals surface area contributed by atoms with Gasteiger partial charge in [-0.1, -0.05) is 33.6 Å². The van der Waals surface area contributed by atoms with Crippen LogP contribution in [-0.2, 0) is 0 Å². The van der Waals surface area contributed by atoms with Crippen molar-refractivity contribution < 1.29 is 13.2 Å². The summed E-state index contributed by atoms with van der Waals surface area (Å²) in [5, 5.41) is 3.01. The van der Waals surface area contributed by atoms with Crippen LogP contribution in [0.15, 0.2) is 0 Å². The number of hydrogen-bond donors (Lipinski definition) is 1. The predicted molar refractivity (Wildman–Crippen MR) is 61.4 cm³/mol. The lowest BCUT2D eigenvalue weighted by atomic mass is 9.93. The van der Waals surface area contributed by atoms with Crippen molar-refractivity contribution in [1.29, 1.82) is 0 Å². The molecule has 0 aromatic rings. The average Bonchev–Trinajstić information content (AvgIpc) is 2.20. The van der Waals surface area contributed by atoms with Crippen molar-refractivity contribution in [2.24, 2.45) is 5.92 Å². The molecule has 0 heterocycles. The van der Waals surface area contributed by atoms with Gasteiger partial charge in [-0.05, 0) is 25.3 Å². The number of nitrogens with one attached hydrogen (secondary N) is 1. The summed E-state index contributed by atoms with van der Waals surface area (Å²) in [6.07, 6.45) is -1.35. The minimum atomic E-state index is -4.06. The molecule has 16 heavy (non-hydrogen) atoms. The van der Waals surface area contributed by atoms with Crippen LogP contribution in [-0.4, -0.2) is 18.8 Å². The summed E-state index contributed by atoms with van der Waals surface area (Å²) >= 11 is 0. The van der Waals surface area contributed by atoms with Crippen molar-refractivity contribution in [3.05, 3.63) is 0 Å². The first-order valence-corrected chi connectivity index (χ1v) is 6.23. The molecule has 1 atom stereocenters. The zero-order valence-corrected chi connectivity index (χ0v) is 10.5. The van der Waals surface area contributed by atoms with Gasteiger partial charge in [-0.2, -0.15) is 13.2 Å². The van der Waals surface area contributed by atoms with Gasteiger partial charge >= 0.3 is 6.18 Å². The maximum Gasteiger partial charge on any atom is 0.390 e. The van der Waals surface area contributed by atoms with Crippen LogP contribution in [0, 0.1) is 5.92 Å². The molecule has 0 aromatic carbocycles. The number of rotatable bonds is 8. The van der Waals surface area contributed by atoms with Crippen LogP contribution in [0.5, 0.6) is 0 Å². The van der Waals surface area contributed by atoms with E-state index < -0.39 is 18.6 Å². The Labute approximate surface area is 96.8 Å². The van der Waals surface area contributed by atoms with Crippen molar-refractivity contribution in [1.82, 2.24) is 5.32 Å². The van der Waals surface area contributed by atoms with Gasteiger partial charge in [-0.25, -0.2) is 0 Å². The second kappa shape index (κ2) is 7.93. The molecule has 1 unspecified atom stereocenters. The molecular weight excluding hydrogens is 215 g/mol. The summed E-state index contributed by atoms with van der Waals surface area (Å²) in [6, 6.07) is -0.412.